The maximum Gasteiger partial charge on any atom is 0.169 e. The van der Waals surface area contributed by atoms with Gasteiger partial charge in [-0.3, -0.25) is 5.10 Å². The SMILES string of the molecule is c1cc2c(cc1-c1cnc3[nH]ncc3c1)CCC1(CC2)OCCO1. The highest BCUT2D eigenvalue weighted by atomic mass is 16.7. The molecule has 1 saturated heterocycles. The Morgan fingerprint density at radius 1 is 0.917 bits per heavy atom. The predicted molar refractivity (Wildman–Crippen MR) is 90.6 cm³/mol. The van der Waals surface area contributed by atoms with E-state index in [4.69, 9.17) is 9.47 Å². The number of aromatic nitrogens is 3. The van der Waals surface area contributed by atoms with Gasteiger partial charge in [-0.25, -0.2) is 4.98 Å². The number of hydrogen-bond donors (Lipinski definition) is 1. The van der Waals surface area contributed by atoms with Gasteiger partial charge in [0.05, 0.1) is 19.4 Å². The molecule has 0 bridgehead atoms. The number of aryl methyl sites for hydroxylation is 2. The Balaban J connectivity index is 1.49. The number of benzene rings is 1. The largest absolute Gasteiger partial charge is 0.348 e. The molecule has 2 aliphatic rings. The van der Waals surface area contributed by atoms with Crippen molar-refractivity contribution in [2.24, 2.45) is 0 Å². The summed E-state index contributed by atoms with van der Waals surface area (Å²) in [6, 6.07) is 8.87. The number of hydrogen-bond acceptors (Lipinski definition) is 4. The molecule has 1 aromatic carbocycles. The topological polar surface area (TPSA) is 60.0 Å². The highest BCUT2D eigenvalue weighted by molar-refractivity contribution is 5.80. The molecule has 1 aliphatic heterocycles. The van der Waals surface area contributed by atoms with E-state index < -0.39 is 0 Å². The van der Waals surface area contributed by atoms with Gasteiger partial charge in [0.25, 0.3) is 0 Å². The Morgan fingerprint density at radius 3 is 2.62 bits per heavy atom. The summed E-state index contributed by atoms with van der Waals surface area (Å²) in [7, 11) is 0. The van der Waals surface area contributed by atoms with E-state index >= 15 is 0 Å². The Morgan fingerprint density at radius 2 is 1.75 bits per heavy atom. The van der Waals surface area contributed by atoms with Crippen LogP contribution < -0.4 is 0 Å². The van der Waals surface area contributed by atoms with Gasteiger partial charge in [-0.05, 0) is 35.6 Å². The molecule has 0 atom stereocenters. The number of ether oxygens (including phenoxy) is 2. The minimum absolute atomic E-state index is 0.351. The highest BCUT2D eigenvalue weighted by Crippen LogP contribution is 2.35. The molecule has 3 aromatic rings. The second kappa shape index (κ2) is 5.40. The normalized spacial score (nSPS) is 19.5. The number of nitrogens with one attached hydrogen (secondary N) is 1. The molecule has 0 saturated carbocycles. The van der Waals surface area contributed by atoms with Crippen molar-refractivity contribution in [2.75, 3.05) is 13.2 Å². The van der Waals surface area contributed by atoms with E-state index in [0.29, 0.717) is 0 Å². The van der Waals surface area contributed by atoms with E-state index in [-0.39, 0.29) is 5.79 Å². The molecular formula is C19H19N3O2. The van der Waals surface area contributed by atoms with E-state index in [1.54, 1.807) is 0 Å². The van der Waals surface area contributed by atoms with Gasteiger partial charge in [0.1, 0.15) is 0 Å². The molecular weight excluding hydrogens is 302 g/mol. The average molecular weight is 321 g/mol. The Hall–Kier alpha value is -2.24. The van der Waals surface area contributed by atoms with Crippen LogP contribution in [0.15, 0.2) is 36.7 Å². The lowest BCUT2D eigenvalue weighted by Crippen LogP contribution is -2.30. The zero-order valence-electron chi connectivity index (χ0n) is 13.4. The summed E-state index contributed by atoms with van der Waals surface area (Å²) in [5, 5.41) is 7.98. The van der Waals surface area contributed by atoms with Gasteiger partial charge < -0.3 is 9.47 Å². The van der Waals surface area contributed by atoms with Crippen LogP contribution in [0.1, 0.15) is 24.0 Å². The van der Waals surface area contributed by atoms with Crippen LogP contribution >= 0.6 is 0 Å². The number of aromatic amines is 1. The lowest BCUT2D eigenvalue weighted by molar-refractivity contribution is -0.164. The molecule has 122 valence electrons. The monoisotopic (exact) mass is 321 g/mol. The summed E-state index contributed by atoms with van der Waals surface area (Å²) in [6.45, 7) is 1.44. The molecule has 0 radical (unpaired) electrons. The maximum absolute atomic E-state index is 5.90. The summed E-state index contributed by atoms with van der Waals surface area (Å²) in [5.74, 6) is -0.351. The van der Waals surface area contributed by atoms with Crippen LogP contribution in [0, 0.1) is 0 Å². The highest BCUT2D eigenvalue weighted by Gasteiger charge is 2.37. The second-order valence-electron chi connectivity index (χ2n) is 6.62. The van der Waals surface area contributed by atoms with Crippen molar-refractivity contribution >= 4 is 11.0 Å². The fraction of sp³-hybridized carbons (Fsp3) is 0.368. The number of rotatable bonds is 1. The molecule has 5 nitrogen and oxygen atoms in total. The van der Waals surface area contributed by atoms with Crippen molar-refractivity contribution < 1.29 is 9.47 Å². The lowest BCUT2D eigenvalue weighted by atomic mass is 9.97. The minimum atomic E-state index is -0.351. The number of H-pyrrole nitrogens is 1. The summed E-state index contributed by atoms with van der Waals surface area (Å²) >= 11 is 0. The molecule has 24 heavy (non-hydrogen) atoms. The first-order valence-corrected chi connectivity index (χ1v) is 8.51. The molecule has 1 fully saturated rings. The molecule has 1 aliphatic carbocycles. The second-order valence-corrected chi connectivity index (χ2v) is 6.62. The molecule has 1 spiro atoms. The first kappa shape index (κ1) is 14.1. The Labute approximate surface area is 140 Å². The van der Waals surface area contributed by atoms with E-state index in [2.05, 4.69) is 39.4 Å². The Bertz CT molecular complexity index is 897. The van der Waals surface area contributed by atoms with Gasteiger partial charge in [-0.1, -0.05) is 18.2 Å². The van der Waals surface area contributed by atoms with Crippen molar-refractivity contribution in [1.29, 1.82) is 0 Å². The standard InChI is InChI=1S/C19H19N3O2/c1-2-14(16-10-17-12-21-22-18(17)20-11-16)9-15-4-6-19(5-3-13(1)15)23-7-8-24-19/h1-2,9-12H,3-8H2,(H,20,21,22). The third kappa shape index (κ3) is 2.32. The van der Waals surface area contributed by atoms with Crippen LogP contribution in [-0.2, 0) is 22.3 Å². The van der Waals surface area contributed by atoms with Gasteiger partial charge in [0.15, 0.2) is 11.4 Å². The molecule has 5 heteroatoms. The van der Waals surface area contributed by atoms with Gasteiger partial charge in [0.2, 0.25) is 0 Å². The summed E-state index contributed by atoms with van der Waals surface area (Å²) in [6.07, 6.45) is 7.60. The fourth-order valence-corrected chi connectivity index (χ4v) is 3.84. The van der Waals surface area contributed by atoms with Crippen molar-refractivity contribution in [2.45, 2.75) is 31.5 Å². The van der Waals surface area contributed by atoms with Crippen LogP contribution in [-0.4, -0.2) is 34.2 Å². The molecule has 3 heterocycles. The fourth-order valence-electron chi connectivity index (χ4n) is 3.84. The summed E-state index contributed by atoms with van der Waals surface area (Å²) < 4.78 is 11.8. The zero-order chi connectivity index (χ0) is 16.0. The molecule has 5 rings (SSSR count). The first-order chi connectivity index (χ1) is 11.8. The molecule has 0 amide bonds. The quantitative estimate of drug-likeness (QED) is 0.747. The average Bonchev–Trinajstić information content (AvgIpc) is 3.23. The summed E-state index contributed by atoms with van der Waals surface area (Å²) in [5.41, 5.74) is 5.96. The van der Waals surface area contributed by atoms with E-state index in [1.807, 2.05) is 12.4 Å². The smallest absolute Gasteiger partial charge is 0.169 e. The van der Waals surface area contributed by atoms with Crippen molar-refractivity contribution in [3.05, 3.63) is 47.8 Å². The van der Waals surface area contributed by atoms with Gasteiger partial charge in [-0.2, -0.15) is 5.10 Å². The van der Waals surface area contributed by atoms with Gasteiger partial charge >= 0.3 is 0 Å². The van der Waals surface area contributed by atoms with Crippen LogP contribution in [0.2, 0.25) is 0 Å². The van der Waals surface area contributed by atoms with Crippen molar-refractivity contribution in [3.8, 4) is 11.1 Å². The number of fused-ring (bicyclic) bond motifs is 2. The molecule has 2 aromatic heterocycles. The Kier molecular flexibility index (Phi) is 3.18. The van der Waals surface area contributed by atoms with Gasteiger partial charge in [0, 0.05) is 30.0 Å². The van der Waals surface area contributed by atoms with Crippen LogP contribution in [0.5, 0.6) is 0 Å². The number of pyridine rings is 1. The van der Waals surface area contributed by atoms with Crippen molar-refractivity contribution in [1.82, 2.24) is 15.2 Å². The van der Waals surface area contributed by atoms with Gasteiger partial charge in [-0.15, -0.1) is 0 Å². The third-order valence-electron chi connectivity index (χ3n) is 5.19. The lowest BCUT2D eigenvalue weighted by Gasteiger charge is -2.25. The van der Waals surface area contributed by atoms with Crippen LogP contribution in [0.25, 0.3) is 22.2 Å². The first-order valence-electron chi connectivity index (χ1n) is 8.51. The molecule has 0 unspecified atom stereocenters. The third-order valence-corrected chi connectivity index (χ3v) is 5.19. The van der Waals surface area contributed by atoms with E-state index in [0.717, 1.165) is 55.5 Å². The summed E-state index contributed by atoms with van der Waals surface area (Å²) in [4.78, 5) is 4.45. The molecule has 1 N–H and O–H groups in total. The minimum Gasteiger partial charge on any atom is -0.348 e. The van der Waals surface area contributed by atoms with Crippen LogP contribution in [0.4, 0.5) is 0 Å². The zero-order valence-corrected chi connectivity index (χ0v) is 13.4. The number of nitrogens with zero attached hydrogens (tertiary/aromatic N) is 2. The van der Waals surface area contributed by atoms with Crippen molar-refractivity contribution in [3.63, 3.8) is 0 Å². The predicted octanol–water partition coefficient (Wildman–Crippen LogP) is 3.25. The van der Waals surface area contributed by atoms with E-state index in [9.17, 15) is 0 Å². The maximum atomic E-state index is 5.90. The van der Waals surface area contributed by atoms with E-state index in [1.165, 1.54) is 16.7 Å². The van der Waals surface area contributed by atoms with Crippen LogP contribution in [0.3, 0.4) is 0 Å².